The van der Waals surface area contributed by atoms with Crippen LogP contribution in [0.15, 0.2) is 58.8 Å². The minimum atomic E-state index is 0.641. The first-order valence-electron chi connectivity index (χ1n) is 5.52. The van der Waals surface area contributed by atoms with Gasteiger partial charge in [-0.25, -0.2) is 0 Å². The van der Waals surface area contributed by atoms with E-state index in [9.17, 15) is 0 Å². The van der Waals surface area contributed by atoms with E-state index in [1.807, 2.05) is 36.4 Å². The van der Waals surface area contributed by atoms with Crippen LogP contribution < -0.4 is 9.47 Å². The van der Waals surface area contributed by atoms with Crippen LogP contribution in [0, 0.1) is 0 Å². The van der Waals surface area contributed by atoms with Gasteiger partial charge < -0.3 is 9.47 Å². The smallest absolute Gasteiger partial charge is 0.162 e. The van der Waals surface area contributed by atoms with Gasteiger partial charge in [-0.3, -0.25) is 0 Å². The second kappa shape index (κ2) is 5.82. The highest BCUT2D eigenvalue weighted by Gasteiger charge is 2.03. The average Bonchev–Trinajstić information content (AvgIpc) is 2.45. The van der Waals surface area contributed by atoms with E-state index in [0.717, 1.165) is 11.4 Å². The van der Waals surface area contributed by atoms with Gasteiger partial charge in [0.25, 0.3) is 0 Å². The molecule has 4 heteroatoms. The molecule has 0 unspecified atom stereocenters. The van der Waals surface area contributed by atoms with Gasteiger partial charge in [0.15, 0.2) is 11.5 Å². The van der Waals surface area contributed by atoms with Crippen molar-refractivity contribution >= 4 is 11.4 Å². The van der Waals surface area contributed by atoms with Gasteiger partial charge in [-0.2, -0.15) is 10.2 Å². The minimum Gasteiger partial charge on any atom is -0.493 e. The summed E-state index contributed by atoms with van der Waals surface area (Å²) in [5.41, 5.74) is 1.53. The molecular formula is C14H14N2O2. The Morgan fingerprint density at radius 1 is 0.722 bits per heavy atom. The van der Waals surface area contributed by atoms with E-state index < -0.39 is 0 Å². The van der Waals surface area contributed by atoms with Gasteiger partial charge in [-0.15, -0.1) is 0 Å². The number of hydrogen-bond donors (Lipinski definition) is 0. The molecule has 0 bridgehead atoms. The number of benzene rings is 2. The van der Waals surface area contributed by atoms with Crippen LogP contribution in [0.25, 0.3) is 0 Å². The van der Waals surface area contributed by atoms with E-state index in [-0.39, 0.29) is 0 Å². The van der Waals surface area contributed by atoms with Gasteiger partial charge >= 0.3 is 0 Å². The molecule has 0 fully saturated rings. The van der Waals surface area contributed by atoms with Crippen molar-refractivity contribution < 1.29 is 9.47 Å². The van der Waals surface area contributed by atoms with Crippen molar-refractivity contribution in [2.45, 2.75) is 0 Å². The zero-order valence-electron chi connectivity index (χ0n) is 10.3. The van der Waals surface area contributed by atoms with E-state index in [2.05, 4.69) is 10.2 Å². The Morgan fingerprint density at radius 3 is 2.06 bits per heavy atom. The Kier molecular flexibility index (Phi) is 3.91. The number of nitrogens with zero attached hydrogens (tertiary/aromatic N) is 2. The SMILES string of the molecule is COc1ccc(N=Nc2ccccc2)cc1OC. The lowest BCUT2D eigenvalue weighted by molar-refractivity contribution is 0.355. The summed E-state index contributed by atoms with van der Waals surface area (Å²) in [6, 6.07) is 15.0. The molecule has 0 atom stereocenters. The second-order valence-electron chi connectivity index (χ2n) is 3.57. The first-order valence-corrected chi connectivity index (χ1v) is 5.52. The van der Waals surface area contributed by atoms with E-state index in [4.69, 9.17) is 9.47 Å². The largest absolute Gasteiger partial charge is 0.493 e. The molecule has 0 saturated carbocycles. The van der Waals surface area contributed by atoms with Crippen molar-refractivity contribution in [3.05, 3.63) is 48.5 Å². The molecule has 0 spiro atoms. The van der Waals surface area contributed by atoms with Crippen LogP contribution in [0.1, 0.15) is 0 Å². The van der Waals surface area contributed by atoms with Gasteiger partial charge in [-0.1, -0.05) is 18.2 Å². The van der Waals surface area contributed by atoms with Crippen LogP contribution in [-0.4, -0.2) is 14.2 Å². The number of methoxy groups -OCH3 is 2. The fourth-order valence-electron chi connectivity index (χ4n) is 1.50. The Bertz CT molecular complexity index is 539. The zero-order chi connectivity index (χ0) is 12.8. The lowest BCUT2D eigenvalue weighted by Crippen LogP contribution is -1.89. The molecule has 0 saturated heterocycles. The molecule has 0 amide bonds. The van der Waals surface area contributed by atoms with Crippen molar-refractivity contribution in [1.82, 2.24) is 0 Å². The maximum Gasteiger partial charge on any atom is 0.162 e. The molecule has 0 aliphatic carbocycles. The molecular weight excluding hydrogens is 228 g/mol. The van der Waals surface area contributed by atoms with E-state index in [1.165, 1.54) is 0 Å². The van der Waals surface area contributed by atoms with Crippen LogP contribution in [0.2, 0.25) is 0 Å². The topological polar surface area (TPSA) is 43.2 Å². The molecule has 92 valence electrons. The predicted octanol–water partition coefficient (Wildman–Crippen LogP) is 4.12. The van der Waals surface area contributed by atoms with Crippen molar-refractivity contribution in [2.24, 2.45) is 10.2 Å². The standard InChI is InChI=1S/C14H14N2O2/c1-17-13-9-8-12(10-14(13)18-2)16-15-11-6-4-3-5-7-11/h3-10H,1-2H3. The Hall–Kier alpha value is -2.36. The normalized spacial score (nSPS) is 10.6. The highest BCUT2D eigenvalue weighted by atomic mass is 16.5. The van der Waals surface area contributed by atoms with Crippen LogP contribution in [0.5, 0.6) is 11.5 Å². The molecule has 0 radical (unpaired) electrons. The molecule has 0 aliphatic rings. The highest BCUT2D eigenvalue weighted by molar-refractivity contribution is 5.51. The maximum absolute atomic E-state index is 5.20. The van der Waals surface area contributed by atoms with Gasteiger partial charge in [0.05, 0.1) is 25.6 Å². The molecule has 2 aromatic carbocycles. The fraction of sp³-hybridized carbons (Fsp3) is 0.143. The summed E-state index contributed by atoms with van der Waals surface area (Å²) in [5, 5.41) is 8.29. The van der Waals surface area contributed by atoms with Gasteiger partial charge in [0.2, 0.25) is 0 Å². The lowest BCUT2D eigenvalue weighted by Gasteiger charge is -2.06. The van der Waals surface area contributed by atoms with E-state index >= 15 is 0 Å². The summed E-state index contributed by atoms with van der Waals surface area (Å²) in [6.07, 6.45) is 0. The zero-order valence-corrected chi connectivity index (χ0v) is 10.3. The summed E-state index contributed by atoms with van der Waals surface area (Å²) in [4.78, 5) is 0. The monoisotopic (exact) mass is 242 g/mol. The Morgan fingerprint density at radius 2 is 1.39 bits per heavy atom. The van der Waals surface area contributed by atoms with Crippen molar-refractivity contribution in [2.75, 3.05) is 14.2 Å². The lowest BCUT2D eigenvalue weighted by atomic mass is 10.3. The Labute approximate surface area is 106 Å². The van der Waals surface area contributed by atoms with Gasteiger partial charge in [0, 0.05) is 6.07 Å². The van der Waals surface area contributed by atoms with Crippen molar-refractivity contribution in [3.8, 4) is 11.5 Å². The second-order valence-corrected chi connectivity index (χ2v) is 3.57. The summed E-state index contributed by atoms with van der Waals surface area (Å²) >= 11 is 0. The summed E-state index contributed by atoms with van der Waals surface area (Å²) in [6.45, 7) is 0. The number of hydrogen-bond acceptors (Lipinski definition) is 4. The van der Waals surface area contributed by atoms with Crippen molar-refractivity contribution in [1.29, 1.82) is 0 Å². The third-order valence-corrected chi connectivity index (χ3v) is 2.40. The molecule has 0 aliphatic heterocycles. The highest BCUT2D eigenvalue weighted by Crippen LogP contribution is 2.31. The number of ether oxygens (including phenoxy) is 2. The summed E-state index contributed by atoms with van der Waals surface area (Å²) < 4.78 is 10.4. The van der Waals surface area contributed by atoms with Gasteiger partial charge in [0.1, 0.15) is 0 Å². The first-order chi connectivity index (χ1) is 8.83. The fourth-order valence-corrected chi connectivity index (χ4v) is 1.50. The number of rotatable bonds is 4. The van der Waals surface area contributed by atoms with E-state index in [0.29, 0.717) is 11.5 Å². The minimum absolute atomic E-state index is 0.641. The van der Waals surface area contributed by atoms with Gasteiger partial charge in [-0.05, 0) is 24.3 Å². The third kappa shape index (κ3) is 2.85. The summed E-state index contributed by atoms with van der Waals surface area (Å²) in [5.74, 6) is 1.32. The maximum atomic E-state index is 5.20. The Balaban J connectivity index is 2.22. The molecule has 18 heavy (non-hydrogen) atoms. The van der Waals surface area contributed by atoms with Crippen LogP contribution in [-0.2, 0) is 0 Å². The first kappa shape index (κ1) is 12.1. The molecule has 0 heterocycles. The molecule has 4 nitrogen and oxygen atoms in total. The predicted molar refractivity (Wildman–Crippen MR) is 70.2 cm³/mol. The number of azo groups is 1. The van der Waals surface area contributed by atoms with E-state index in [1.54, 1.807) is 26.4 Å². The molecule has 0 aromatic heterocycles. The molecule has 0 N–H and O–H groups in total. The molecule has 2 rings (SSSR count). The summed E-state index contributed by atoms with van der Waals surface area (Å²) in [7, 11) is 3.19. The van der Waals surface area contributed by atoms with Crippen LogP contribution >= 0.6 is 0 Å². The third-order valence-electron chi connectivity index (χ3n) is 2.40. The average molecular weight is 242 g/mol. The quantitative estimate of drug-likeness (QED) is 0.757. The van der Waals surface area contributed by atoms with Crippen LogP contribution in [0.3, 0.4) is 0 Å². The molecule has 2 aromatic rings. The van der Waals surface area contributed by atoms with Crippen LogP contribution in [0.4, 0.5) is 11.4 Å². The van der Waals surface area contributed by atoms with Crippen molar-refractivity contribution in [3.63, 3.8) is 0 Å².